The first-order chi connectivity index (χ1) is 11.4. The highest BCUT2D eigenvalue weighted by molar-refractivity contribution is 7.09. The van der Waals surface area contributed by atoms with Crippen LogP contribution < -0.4 is 10.1 Å². The molecule has 0 aliphatic heterocycles. The molecule has 2 rings (SSSR count). The van der Waals surface area contributed by atoms with Crippen molar-refractivity contribution in [2.45, 2.75) is 26.2 Å². The van der Waals surface area contributed by atoms with Crippen LogP contribution in [0.25, 0.3) is 0 Å². The van der Waals surface area contributed by atoms with Gasteiger partial charge < -0.3 is 14.8 Å². The third-order valence-corrected chi connectivity index (χ3v) is 4.51. The molecule has 24 heavy (non-hydrogen) atoms. The molecule has 0 saturated heterocycles. The highest BCUT2D eigenvalue weighted by Gasteiger charge is 2.16. The van der Waals surface area contributed by atoms with Crippen LogP contribution in [0.4, 0.5) is 5.69 Å². The molecule has 1 aromatic heterocycles. The van der Waals surface area contributed by atoms with Crippen LogP contribution in [0.5, 0.6) is 5.75 Å². The highest BCUT2D eigenvalue weighted by Crippen LogP contribution is 2.24. The second-order valence-electron chi connectivity index (χ2n) is 5.46. The SMILES string of the molecule is COC(=O)c1cc(OC)ccc1NC(=O)Cc1csc(C(C)C)n1. The molecule has 1 N–H and O–H groups in total. The Kier molecular flexibility index (Phi) is 5.92. The zero-order valence-electron chi connectivity index (χ0n) is 14.1. The number of thiazole rings is 1. The van der Waals surface area contributed by atoms with Gasteiger partial charge in [0.05, 0.1) is 42.6 Å². The molecule has 0 bridgehead atoms. The van der Waals surface area contributed by atoms with E-state index in [0.717, 1.165) is 5.01 Å². The molecule has 2 aromatic rings. The lowest BCUT2D eigenvalue weighted by Crippen LogP contribution is -2.17. The van der Waals surface area contributed by atoms with Gasteiger partial charge in [-0.1, -0.05) is 13.8 Å². The number of hydrogen-bond acceptors (Lipinski definition) is 6. The number of hydrogen-bond donors (Lipinski definition) is 1. The van der Waals surface area contributed by atoms with E-state index in [1.165, 1.54) is 20.3 Å². The maximum Gasteiger partial charge on any atom is 0.340 e. The Morgan fingerprint density at radius 2 is 2.04 bits per heavy atom. The largest absolute Gasteiger partial charge is 0.497 e. The van der Waals surface area contributed by atoms with Crippen molar-refractivity contribution in [1.82, 2.24) is 4.98 Å². The summed E-state index contributed by atoms with van der Waals surface area (Å²) in [6.45, 7) is 4.12. The summed E-state index contributed by atoms with van der Waals surface area (Å²) in [7, 11) is 2.79. The van der Waals surface area contributed by atoms with Gasteiger partial charge in [-0.2, -0.15) is 0 Å². The zero-order valence-corrected chi connectivity index (χ0v) is 14.9. The first-order valence-corrected chi connectivity index (χ1v) is 8.33. The van der Waals surface area contributed by atoms with E-state index in [0.29, 0.717) is 23.0 Å². The number of rotatable bonds is 6. The number of ether oxygens (including phenoxy) is 2. The molecule has 0 fully saturated rings. The van der Waals surface area contributed by atoms with Gasteiger partial charge in [-0.25, -0.2) is 9.78 Å². The Bertz CT molecular complexity index is 740. The van der Waals surface area contributed by atoms with Gasteiger partial charge in [0.15, 0.2) is 0 Å². The quantitative estimate of drug-likeness (QED) is 0.811. The first kappa shape index (κ1) is 17.9. The predicted octanol–water partition coefficient (Wildman–Crippen LogP) is 3.24. The van der Waals surface area contributed by atoms with Gasteiger partial charge in [0.25, 0.3) is 0 Å². The number of anilines is 1. The van der Waals surface area contributed by atoms with Crippen molar-refractivity contribution in [3.05, 3.63) is 39.8 Å². The molecule has 0 unspecified atom stereocenters. The van der Waals surface area contributed by atoms with E-state index in [2.05, 4.69) is 24.1 Å². The average molecular weight is 348 g/mol. The summed E-state index contributed by atoms with van der Waals surface area (Å²) in [5.41, 5.74) is 1.34. The molecule has 0 saturated carbocycles. The molecule has 6 nitrogen and oxygen atoms in total. The van der Waals surface area contributed by atoms with Crippen molar-refractivity contribution >= 4 is 28.9 Å². The van der Waals surface area contributed by atoms with Crippen molar-refractivity contribution in [2.24, 2.45) is 0 Å². The van der Waals surface area contributed by atoms with Gasteiger partial charge in [-0.15, -0.1) is 11.3 Å². The highest BCUT2D eigenvalue weighted by atomic mass is 32.1. The molecule has 0 aliphatic carbocycles. The van der Waals surface area contributed by atoms with Crippen molar-refractivity contribution < 1.29 is 19.1 Å². The van der Waals surface area contributed by atoms with E-state index in [1.54, 1.807) is 23.5 Å². The molecule has 128 valence electrons. The normalized spacial score (nSPS) is 10.5. The molecular weight excluding hydrogens is 328 g/mol. The Hall–Kier alpha value is -2.41. The lowest BCUT2D eigenvalue weighted by Gasteiger charge is -2.11. The number of carbonyl (C=O) groups excluding carboxylic acids is 2. The maximum absolute atomic E-state index is 12.2. The number of benzene rings is 1. The van der Waals surface area contributed by atoms with Crippen LogP contribution in [-0.4, -0.2) is 31.1 Å². The summed E-state index contributed by atoms with van der Waals surface area (Å²) >= 11 is 1.54. The minimum absolute atomic E-state index is 0.149. The number of nitrogens with zero attached hydrogens (tertiary/aromatic N) is 1. The Labute approximate surface area is 144 Å². The van der Waals surface area contributed by atoms with Crippen LogP contribution >= 0.6 is 11.3 Å². The van der Waals surface area contributed by atoms with E-state index >= 15 is 0 Å². The van der Waals surface area contributed by atoms with E-state index in [-0.39, 0.29) is 17.9 Å². The van der Waals surface area contributed by atoms with Crippen LogP contribution in [0.1, 0.15) is 40.8 Å². The summed E-state index contributed by atoms with van der Waals surface area (Å²) in [4.78, 5) is 28.6. The zero-order chi connectivity index (χ0) is 17.7. The molecule has 1 aromatic carbocycles. The van der Waals surface area contributed by atoms with Gasteiger partial charge in [0.1, 0.15) is 5.75 Å². The third-order valence-electron chi connectivity index (χ3n) is 3.31. The standard InChI is InChI=1S/C17H20N2O4S/c1-10(2)16-18-11(9-24-16)7-15(20)19-14-6-5-12(22-3)8-13(14)17(21)23-4/h5-6,8-10H,7H2,1-4H3,(H,19,20). The monoisotopic (exact) mass is 348 g/mol. The van der Waals surface area contributed by atoms with E-state index in [1.807, 2.05) is 5.38 Å². The fraction of sp³-hybridized carbons (Fsp3) is 0.353. The Morgan fingerprint density at radius 3 is 2.62 bits per heavy atom. The first-order valence-electron chi connectivity index (χ1n) is 7.45. The van der Waals surface area contributed by atoms with Gasteiger partial charge in [0.2, 0.25) is 5.91 Å². The van der Waals surface area contributed by atoms with Gasteiger partial charge in [0, 0.05) is 11.3 Å². The van der Waals surface area contributed by atoms with Gasteiger partial charge >= 0.3 is 5.97 Å². The van der Waals surface area contributed by atoms with Crippen LogP contribution in [-0.2, 0) is 16.0 Å². The number of esters is 1. The minimum atomic E-state index is -0.542. The Balaban J connectivity index is 2.14. The predicted molar refractivity (Wildman–Crippen MR) is 92.9 cm³/mol. The molecular formula is C17H20N2O4S. The maximum atomic E-state index is 12.2. The van der Waals surface area contributed by atoms with E-state index < -0.39 is 5.97 Å². The molecule has 1 heterocycles. The van der Waals surface area contributed by atoms with E-state index in [4.69, 9.17) is 9.47 Å². The number of amides is 1. The topological polar surface area (TPSA) is 77.5 Å². The fourth-order valence-corrected chi connectivity index (χ4v) is 2.90. The number of nitrogens with one attached hydrogen (secondary N) is 1. The second-order valence-corrected chi connectivity index (χ2v) is 6.35. The van der Waals surface area contributed by atoms with Crippen LogP contribution in [0, 0.1) is 0 Å². The van der Waals surface area contributed by atoms with Crippen molar-refractivity contribution in [3.63, 3.8) is 0 Å². The molecule has 0 atom stereocenters. The lowest BCUT2D eigenvalue weighted by molar-refractivity contribution is -0.115. The molecule has 7 heteroatoms. The summed E-state index contributed by atoms with van der Waals surface area (Å²) in [5, 5.41) is 5.61. The summed E-state index contributed by atoms with van der Waals surface area (Å²) in [6.07, 6.45) is 0.149. The average Bonchev–Trinajstić information content (AvgIpc) is 3.03. The smallest absolute Gasteiger partial charge is 0.340 e. The van der Waals surface area contributed by atoms with Crippen molar-refractivity contribution in [3.8, 4) is 5.75 Å². The lowest BCUT2D eigenvalue weighted by atomic mass is 10.1. The number of carbonyl (C=O) groups is 2. The number of methoxy groups -OCH3 is 2. The number of aromatic nitrogens is 1. The van der Waals surface area contributed by atoms with Crippen LogP contribution in [0.2, 0.25) is 0 Å². The molecule has 0 aliphatic rings. The van der Waals surface area contributed by atoms with Crippen LogP contribution in [0.15, 0.2) is 23.6 Å². The van der Waals surface area contributed by atoms with Gasteiger partial charge in [-0.3, -0.25) is 4.79 Å². The van der Waals surface area contributed by atoms with Crippen molar-refractivity contribution in [1.29, 1.82) is 0 Å². The third kappa shape index (κ3) is 4.32. The van der Waals surface area contributed by atoms with Gasteiger partial charge in [-0.05, 0) is 18.2 Å². The molecule has 1 amide bonds. The fourth-order valence-electron chi connectivity index (χ4n) is 2.07. The second kappa shape index (κ2) is 7.92. The summed E-state index contributed by atoms with van der Waals surface area (Å²) < 4.78 is 9.85. The van der Waals surface area contributed by atoms with E-state index in [9.17, 15) is 9.59 Å². The molecule has 0 spiro atoms. The Morgan fingerprint density at radius 1 is 1.29 bits per heavy atom. The summed E-state index contributed by atoms with van der Waals surface area (Å²) in [6, 6.07) is 4.81. The van der Waals surface area contributed by atoms with Crippen molar-refractivity contribution in [2.75, 3.05) is 19.5 Å². The van der Waals surface area contributed by atoms with Crippen LogP contribution in [0.3, 0.4) is 0 Å². The molecule has 0 radical (unpaired) electrons. The summed E-state index contributed by atoms with van der Waals surface area (Å²) in [5.74, 6) is 0.0553. The minimum Gasteiger partial charge on any atom is -0.497 e.